The van der Waals surface area contributed by atoms with Crippen LogP contribution in [0.4, 0.5) is 5.69 Å². The number of carbonyl (C=O) groups is 3. The smallest absolute Gasteiger partial charge is 0.335 e. The van der Waals surface area contributed by atoms with Gasteiger partial charge in [-0.15, -0.1) is 0 Å². The molecule has 1 heterocycles. The van der Waals surface area contributed by atoms with Gasteiger partial charge in [-0.25, -0.2) is 9.69 Å². The molecule has 0 atom stereocenters. The quantitative estimate of drug-likeness (QED) is 0.821. The van der Waals surface area contributed by atoms with Crippen LogP contribution < -0.4 is 4.90 Å². The van der Waals surface area contributed by atoms with Crippen molar-refractivity contribution in [3.63, 3.8) is 0 Å². The minimum atomic E-state index is -1.26. The van der Waals surface area contributed by atoms with Gasteiger partial charge in [0.2, 0.25) is 0 Å². The molecule has 3 rings (SSSR count). The van der Waals surface area contributed by atoms with Gasteiger partial charge < -0.3 is 10.2 Å². The summed E-state index contributed by atoms with van der Waals surface area (Å²) in [5, 5.41) is 18.6. The molecule has 1 aliphatic rings. The van der Waals surface area contributed by atoms with Gasteiger partial charge in [0, 0.05) is 6.07 Å². The second-order valence-electron chi connectivity index (χ2n) is 4.53. The summed E-state index contributed by atoms with van der Waals surface area (Å²) >= 11 is 0. The lowest BCUT2D eigenvalue weighted by molar-refractivity contribution is 0.0695. The predicted octanol–water partition coefficient (Wildman–Crippen LogP) is 1.89. The third kappa shape index (κ3) is 1.93. The molecule has 2 N–H and O–H groups in total. The van der Waals surface area contributed by atoms with Gasteiger partial charge in [0.05, 0.1) is 22.4 Å². The summed E-state index contributed by atoms with van der Waals surface area (Å²) in [4.78, 5) is 36.4. The number of carboxylic acids is 1. The molecule has 6 nitrogen and oxygen atoms in total. The number of carboxylic acid groups (broad SMARTS) is 1. The largest absolute Gasteiger partial charge is 0.508 e. The molecule has 0 aromatic heterocycles. The lowest BCUT2D eigenvalue weighted by atomic mass is 10.1. The highest BCUT2D eigenvalue weighted by Crippen LogP contribution is 2.31. The van der Waals surface area contributed by atoms with Crippen molar-refractivity contribution in [2.75, 3.05) is 4.90 Å². The number of phenolic OH excluding ortho intramolecular Hbond substituents is 1. The number of benzene rings is 2. The molecule has 0 spiro atoms. The zero-order chi connectivity index (χ0) is 15.1. The van der Waals surface area contributed by atoms with Gasteiger partial charge in [-0.1, -0.05) is 12.1 Å². The van der Waals surface area contributed by atoms with Crippen LogP contribution in [0.25, 0.3) is 0 Å². The Labute approximate surface area is 118 Å². The fourth-order valence-electron chi connectivity index (χ4n) is 2.27. The number of phenols is 1. The molecule has 2 amide bonds. The maximum absolute atomic E-state index is 12.3. The average molecular weight is 283 g/mol. The van der Waals surface area contributed by atoms with E-state index in [1.54, 1.807) is 12.1 Å². The van der Waals surface area contributed by atoms with E-state index in [1.165, 1.54) is 24.3 Å². The first kappa shape index (κ1) is 12.9. The summed E-state index contributed by atoms with van der Waals surface area (Å²) in [6.07, 6.45) is 0. The number of carbonyl (C=O) groups excluding carboxylic acids is 2. The Morgan fingerprint density at radius 3 is 2.05 bits per heavy atom. The van der Waals surface area contributed by atoms with Crippen LogP contribution in [0.15, 0.2) is 42.5 Å². The first-order valence-electron chi connectivity index (χ1n) is 6.04. The van der Waals surface area contributed by atoms with E-state index in [0.29, 0.717) is 0 Å². The highest BCUT2D eigenvalue weighted by molar-refractivity contribution is 6.34. The molecule has 0 radical (unpaired) electrons. The van der Waals surface area contributed by atoms with Gasteiger partial charge in [-0.3, -0.25) is 9.59 Å². The fraction of sp³-hybridized carbons (Fsp3) is 0. The Kier molecular flexibility index (Phi) is 2.72. The highest BCUT2D eigenvalue weighted by Gasteiger charge is 2.36. The van der Waals surface area contributed by atoms with Crippen LogP contribution in [0.3, 0.4) is 0 Å². The van der Waals surface area contributed by atoms with Gasteiger partial charge in [0.25, 0.3) is 11.8 Å². The number of imide groups is 1. The molecule has 0 fully saturated rings. The number of rotatable bonds is 2. The molecule has 21 heavy (non-hydrogen) atoms. The van der Waals surface area contributed by atoms with Crippen molar-refractivity contribution in [3.8, 4) is 5.75 Å². The Morgan fingerprint density at radius 1 is 0.952 bits per heavy atom. The topological polar surface area (TPSA) is 94.9 Å². The van der Waals surface area contributed by atoms with Crippen molar-refractivity contribution in [2.45, 2.75) is 0 Å². The number of amides is 2. The van der Waals surface area contributed by atoms with Gasteiger partial charge in [-0.05, 0) is 24.3 Å². The van der Waals surface area contributed by atoms with E-state index in [9.17, 15) is 19.5 Å². The van der Waals surface area contributed by atoms with Crippen LogP contribution in [0, 0.1) is 0 Å². The maximum atomic E-state index is 12.3. The van der Waals surface area contributed by atoms with E-state index in [-0.39, 0.29) is 28.1 Å². The van der Waals surface area contributed by atoms with Crippen LogP contribution in [0.5, 0.6) is 5.75 Å². The van der Waals surface area contributed by atoms with Crippen molar-refractivity contribution < 1.29 is 24.6 Å². The predicted molar refractivity (Wildman–Crippen MR) is 72.6 cm³/mol. The number of nitrogens with zero attached hydrogens (tertiary/aromatic N) is 1. The zero-order valence-electron chi connectivity index (χ0n) is 10.6. The number of fused-ring (bicyclic) bond motifs is 1. The lowest BCUT2D eigenvalue weighted by Gasteiger charge is -2.14. The molecule has 6 heteroatoms. The van der Waals surface area contributed by atoms with E-state index in [4.69, 9.17) is 5.11 Å². The third-order valence-corrected chi connectivity index (χ3v) is 3.20. The summed E-state index contributed by atoms with van der Waals surface area (Å²) < 4.78 is 0. The minimum absolute atomic E-state index is 0.0265. The number of hydrogen-bond acceptors (Lipinski definition) is 4. The number of anilines is 1. The molecular weight excluding hydrogens is 274 g/mol. The highest BCUT2D eigenvalue weighted by atomic mass is 16.4. The van der Waals surface area contributed by atoms with Crippen molar-refractivity contribution >= 4 is 23.5 Å². The summed E-state index contributed by atoms with van der Waals surface area (Å²) in [5.41, 5.74) is 0.325. The summed E-state index contributed by atoms with van der Waals surface area (Å²) in [5.74, 6) is -2.68. The molecule has 0 aliphatic carbocycles. The van der Waals surface area contributed by atoms with Crippen molar-refractivity contribution in [3.05, 3.63) is 59.2 Å². The minimum Gasteiger partial charge on any atom is -0.508 e. The molecule has 0 unspecified atom stereocenters. The summed E-state index contributed by atoms with van der Waals surface area (Å²) in [7, 11) is 0. The van der Waals surface area contributed by atoms with E-state index in [0.717, 1.165) is 11.0 Å². The van der Waals surface area contributed by atoms with Gasteiger partial charge >= 0.3 is 5.97 Å². The van der Waals surface area contributed by atoms with Gasteiger partial charge in [0.1, 0.15) is 5.75 Å². The average Bonchev–Trinajstić information content (AvgIpc) is 2.71. The third-order valence-electron chi connectivity index (χ3n) is 3.20. The van der Waals surface area contributed by atoms with Crippen LogP contribution in [-0.2, 0) is 0 Å². The molecule has 0 saturated heterocycles. The molecule has 104 valence electrons. The lowest BCUT2D eigenvalue weighted by Crippen LogP contribution is -2.29. The molecule has 0 bridgehead atoms. The van der Waals surface area contributed by atoms with Crippen LogP contribution in [0.1, 0.15) is 31.1 Å². The Balaban J connectivity index is 2.13. The van der Waals surface area contributed by atoms with E-state index < -0.39 is 17.8 Å². The Bertz CT molecular complexity index is 761. The fourth-order valence-corrected chi connectivity index (χ4v) is 2.27. The molecule has 0 saturated carbocycles. The molecular formula is C15H9NO5. The van der Waals surface area contributed by atoms with E-state index >= 15 is 0 Å². The Hall–Kier alpha value is -3.15. The van der Waals surface area contributed by atoms with Crippen LogP contribution in [0.2, 0.25) is 0 Å². The maximum Gasteiger partial charge on any atom is 0.335 e. The van der Waals surface area contributed by atoms with Crippen LogP contribution in [-0.4, -0.2) is 28.0 Å². The zero-order valence-corrected chi connectivity index (χ0v) is 10.6. The monoisotopic (exact) mass is 283 g/mol. The second-order valence-corrected chi connectivity index (χ2v) is 4.53. The van der Waals surface area contributed by atoms with Crippen LogP contribution >= 0.6 is 0 Å². The molecule has 2 aromatic carbocycles. The first-order chi connectivity index (χ1) is 9.99. The van der Waals surface area contributed by atoms with Gasteiger partial charge in [-0.2, -0.15) is 0 Å². The second kappa shape index (κ2) is 4.45. The normalized spacial score (nSPS) is 13.4. The van der Waals surface area contributed by atoms with Gasteiger partial charge in [0.15, 0.2) is 0 Å². The first-order valence-corrected chi connectivity index (χ1v) is 6.04. The van der Waals surface area contributed by atoms with Crippen molar-refractivity contribution in [1.29, 1.82) is 0 Å². The number of aromatic hydroxyl groups is 1. The Morgan fingerprint density at radius 2 is 1.52 bits per heavy atom. The summed E-state index contributed by atoms with van der Waals surface area (Å²) in [6, 6.07) is 9.71. The standard InChI is InChI=1S/C15H9NO5/c17-10-6-8(15(20)21)5-9(7-10)16-13(18)11-3-1-2-4-12(11)14(16)19/h1-7,17H,(H,20,21). The summed E-state index contributed by atoms with van der Waals surface area (Å²) in [6.45, 7) is 0. The van der Waals surface area contributed by atoms with Crippen molar-refractivity contribution in [2.24, 2.45) is 0 Å². The number of aromatic carboxylic acids is 1. The van der Waals surface area contributed by atoms with Crippen molar-refractivity contribution in [1.82, 2.24) is 0 Å². The molecule has 2 aromatic rings. The molecule has 1 aliphatic heterocycles. The SMILES string of the molecule is O=C(O)c1cc(O)cc(N2C(=O)c3ccccc3C2=O)c1. The van der Waals surface area contributed by atoms with E-state index in [2.05, 4.69) is 0 Å². The van der Waals surface area contributed by atoms with E-state index in [1.807, 2.05) is 0 Å². The number of hydrogen-bond donors (Lipinski definition) is 2.